The van der Waals surface area contributed by atoms with Crippen molar-refractivity contribution in [3.05, 3.63) is 41.6 Å². The Morgan fingerprint density at radius 1 is 1.20 bits per heavy atom. The fraction of sp³-hybridized carbons (Fsp3) is 0.400. The van der Waals surface area contributed by atoms with E-state index in [1.165, 1.54) is 0 Å². The maximum absolute atomic E-state index is 5.99. The molecular formula is C15H17N3O2. The van der Waals surface area contributed by atoms with E-state index in [9.17, 15) is 0 Å². The lowest BCUT2D eigenvalue weighted by Crippen LogP contribution is -2.29. The van der Waals surface area contributed by atoms with Gasteiger partial charge >= 0.3 is 0 Å². The van der Waals surface area contributed by atoms with Gasteiger partial charge in [-0.3, -0.25) is 4.84 Å². The van der Waals surface area contributed by atoms with E-state index < -0.39 is 0 Å². The van der Waals surface area contributed by atoms with Gasteiger partial charge in [0.05, 0.1) is 36.2 Å². The van der Waals surface area contributed by atoms with Crippen molar-refractivity contribution in [3.8, 4) is 11.6 Å². The lowest BCUT2D eigenvalue weighted by Gasteiger charge is -2.28. The molecule has 3 heterocycles. The minimum absolute atomic E-state index is 0.246. The van der Waals surface area contributed by atoms with Gasteiger partial charge in [-0.1, -0.05) is 18.2 Å². The molecule has 0 amide bonds. The Labute approximate surface area is 117 Å². The molecule has 1 aromatic heterocycles. The molecule has 2 unspecified atom stereocenters. The number of aryl methyl sites for hydroxylation is 1. The Kier molecular flexibility index (Phi) is 2.58. The highest BCUT2D eigenvalue weighted by Crippen LogP contribution is 2.44. The average Bonchev–Trinajstić information content (AvgIpc) is 3.01. The second kappa shape index (κ2) is 4.33. The van der Waals surface area contributed by atoms with Crippen molar-refractivity contribution in [2.45, 2.75) is 13.0 Å². The van der Waals surface area contributed by atoms with Crippen LogP contribution in [0.15, 0.2) is 30.3 Å². The van der Waals surface area contributed by atoms with Crippen LogP contribution < -0.4 is 4.74 Å². The van der Waals surface area contributed by atoms with E-state index in [-0.39, 0.29) is 6.04 Å². The maximum Gasteiger partial charge on any atom is 0.221 e. The van der Waals surface area contributed by atoms with Crippen LogP contribution in [0, 0.1) is 12.8 Å². The maximum atomic E-state index is 5.99. The lowest BCUT2D eigenvalue weighted by molar-refractivity contribution is -0.111. The minimum atomic E-state index is 0.246. The zero-order valence-electron chi connectivity index (χ0n) is 11.6. The third-order valence-corrected chi connectivity index (χ3v) is 4.12. The smallest absolute Gasteiger partial charge is 0.221 e. The Bertz CT molecular complexity index is 638. The van der Waals surface area contributed by atoms with E-state index in [0.29, 0.717) is 12.5 Å². The summed E-state index contributed by atoms with van der Waals surface area (Å²) in [4.78, 5) is 5.64. The van der Waals surface area contributed by atoms with Crippen molar-refractivity contribution in [3.63, 3.8) is 0 Å². The first-order valence-electron chi connectivity index (χ1n) is 6.89. The van der Waals surface area contributed by atoms with Crippen LogP contribution in [-0.4, -0.2) is 35.1 Å². The van der Waals surface area contributed by atoms with Gasteiger partial charge in [0, 0.05) is 13.0 Å². The van der Waals surface area contributed by atoms with Crippen molar-refractivity contribution in [2.75, 3.05) is 20.3 Å². The molecule has 104 valence electrons. The fourth-order valence-corrected chi connectivity index (χ4v) is 3.17. The molecule has 1 saturated heterocycles. The molecule has 0 saturated carbocycles. The molecule has 2 aliphatic heterocycles. The van der Waals surface area contributed by atoms with Crippen molar-refractivity contribution in [1.82, 2.24) is 14.8 Å². The summed E-state index contributed by atoms with van der Waals surface area (Å²) in [5.74, 6) is 1.24. The summed E-state index contributed by atoms with van der Waals surface area (Å²) >= 11 is 0. The van der Waals surface area contributed by atoms with Gasteiger partial charge in [0.2, 0.25) is 5.88 Å². The molecule has 2 aliphatic rings. The highest BCUT2D eigenvalue weighted by molar-refractivity contribution is 5.44. The Hall–Kier alpha value is -1.85. The molecule has 2 atom stereocenters. The van der Waals surface area contributed by atoms with Gasteiger partial charge in [0.15, 0.2) is 0 Å². The summed E-state index contributed by atoms with van der Waals surface area (Å²) in [6.07, 6.45) is 0. The minimum Gasteiger partial charge on any atom is -0.477 e. The van der Waals surface area contributed by atoms with Crippen LogP contribution in [0.4, 0.5) is 0 Å². The standard InChI is InChI=1S/C15H17N3O2/c1-10-13-14-11(9-20-17(14)2)8-19-15(13)18(16-10)12-6-4-3-5-7-12/h3-7,11,14H,8-9H2,1-2H3. The topological polar surface area (TPSA) is 39.5 Å². The van der Waals surface area contributed by atoms with E-state index in [4.69, 9.17) is 9.57 Å². The van der Waals surface area contributed by atoms with E-state index in [1.807, 2.05) is 54.0 Å². The monoisotopic (exact) mass is 271 g/mol. The van der Waals surface area contributed by atoms with Crippen LogP contribution in [0.3, 0.4) is 0 Å². The van der Waals surface area contributed by atoms with Crippen molar-refractivity contribution < 1.29 is 9.57 Å². The van der Waals surface area contributed by atoms with Gasteiger partial charge in [-0.2, -0.15) is 10.2 Å². The summed E-state index contributed by atoms with van der Waals surface area (Å²) in [5, 5.41) is 6.61. The molecule has 4 rings (SSSR count). The number of benzene rings is 1. The lowest BCUT2D eigenvalue weighted by atomic mass is 9.93. The van der Waals surface area contributed by atoms with Gasteiger partial charge < -0.3 is 4.74 Å². The molecule has 2 aromatic rings. The number of hydrogen-bond acceptors (Lipinski definition) is 4. The van der Waals surface area contributed by atoms with Gasteiger partial charge in [-0.15, -0.1) is 0 Å². The molecule has 0 radical (unpaired) electrons. The second-order valence-corrected chi connectivity index (χ2v) is 5.41. The van der Waals surface area contributed by atoms with Crippen LogP contribution in [0.2, 0.25) is 0 Å². The third-order valence-electron chi connectivity index (χ3n) is 4.12. The number of hydrogen-bond donors (Lipinski definition) is 0. The zero-order valence-corrected chi connectivity index (χ0v) is 11.6. The highest BCUT2D eigenvalue weighted by Gasteiger charge is 2.43. The van der Waals surface area contributed by atoms with Crippen LogP contribution in [0.25, 0.3) is 5.69 Å². The number of para-hydroxylation sites is 1. The Morgan fingerprint density at radius 3 is 2.80 bits per heavy atom. The first-order valence-corrected chi connectivity index (χ1v) is 6.89. The summed E-state index contributed by atoms with van der Waals surface area (Å²) in [6, 6.07) is 10.3. The average molecular weight is 271 g/mol. The highest BCUT2D eigenvalue weighted by atomic mass is 16.7. The van der Waals surface area contributed by atoms with Gasteiger partial charge in [0.1, 0.15) is 0 Å². The van der Waals surface area contributed by atoms with Gasteiger partial charge in [-0.05, 0) is 19.1 Å². The number of rotatable bonds is 1. The molecule has 20 heavy (non-hydrogen) atoms. The predicted molar refractivity (Wildman–Crippen MR) is 73.7 cm³/mol. The Morgan fingerprint density at radius 2 is 2.00 bits per heavy atom. The van der Waals surface area contributed by atoms with Gasteiger partial charge in [-0.25, -0.2) is 4.68 Å². The van der Waals surface area contributed by atoms with E-state index >= 15 is 0 Å². The van der Waals surface area contributed by atoms with Crippen LogP contribution >= 0.6 is 0 Å². The SMILES string of the molecule is Cc1nn(-c2ccccc2)c2c1C1C(CO2)CON1C. The summed E-state index contributed by atoms with van der Waals surface area (Å²) < 4.78 is 7.88. The van der Waals surface area contributed by atoms with Crippen LogP contribution in [0.5, 0.6) is 5.88 Å². The Balaban J connectivity index is 1.86. The quantitative estimate of drug-likeness (QED) is 0.796. The summed E-state index contributed by atoms with van der Waals surface area (Å²) in [7, 11) is 1.99. The zero-order chi connectivity index (χ0) is 13.7. The van der Waals surface area contributed by atoms with Crippen molar-refractivity contribution >= 4 is 0 Å². The second-order valence-electron chi connectivity index (χ2n) is 5.41. The summed E-state index contributed by atoms with van der Waals surface area (Å²) in [6.45, 7) is 3.44. The fourth-order valence-electron chi connectivity index (χ4n) is 3.17. The number of ether oxygens (including phenoxy) is 1. The number of hydroxylamine groups is 2. The molecular weight excluding hydrogens is 254 g/mol. The first-order chi connectivity index (χ1) is 9.75. The first kappa shape index (κ1) is 11.9. The molecule has 5 heteroatoms. The molecule has 1 aromatic carbocycles. The van der Waals surface area contributed by atoms with Crippen molar-refractivity contribution in [2.24, 2.45) is 5.92 Å². The van der Waals surface area contributed by atoms with E-state index in [2.05, 4.69) is 5.10 Å². The molecule has 0 N–H and O–H groups in total. The summed E-state index contributed by atoms with van der Waals surface area (Å²) in [5.41, 5.74) is 3.19. The molecule has 0 bridgehead atoms. The predicted octanol–water partition coefficient (Wildman–Crippen LogP) is 2.11. The van der Waals surface area contributed by atoms with E-state index in [0.717, 1.165) is 29.4 Å². The van der Waals surface area contributed by atoms with Crippen molar-refractivity contribution in [1.29, 1.82) is 0 Å². The van der Waals surface area contributed by atoms with Gasteiger partial charge in [0.25, 0.3) is 0 Å². The third kappa shape index (κ3) is 1.60. The molecule has 0 spiro atoms. The normalized spacial score (nSPS) is 25.1. The largest absolute Gasteiger partial charge is 0.477 e. The molecule has 0 aliphatic carbocycles. The molecule has 1 fully saturated rings. The number of aromatic nitrogens is 2. The number of fused-ring (bicyclic) bond motifs is 3. The van der Waals surface area contributed by atoms with Crippen LogP contribution in [-0.2, 0) is 4.84 Å². The number of nitrogens with zero attached hydrogens (tertiary/aromatic N) is 3. The molecule has 5 nitrogen and oxygen atoms in total. The van der Waals surface area contributed by atoms with E-state index in [1.54, 1.807) is 0 Å². The van der Waals surface area contributed by atoms with Crippen LogP contribution in [0.1, 0.15) is 17.3 Å².